The molecule has 2 saturated carbocycles. The summed E-state index contributed by atoms with van der Waals surface area (Å²) >= 11 is 0. The van der Waals surface area contributed by atoms with Crippen LogP contribution >= 0.6 is 0 Å². The summed E-state index contributed by atoms with van der Waals surface area (Å²) in [6.45, 7) is 1.19. The van der Waals surface area contributed by atoms with Gasteiger partial charge in [-0.3, -0.25) is 0 Å². The highest BCUT2D eigenvalue weighted by Gasteiger charge is 2.46. The van der Waals surface area contributed by atoms with Crippen molar-refractivity contribution in [2.75, 3.05) is 24.6 Å². The Morgan fingerprint density at radius 3 is 2.71 bits per heavy atom. The van der Waals surface area contributed by atoms with Gasteiger partial charge in [-0.15, -0.1) is 0 Å². The summed E-state index contributed by atoms with van der Waals surface area (Å²) in [4.78, 5) is 26.4. The number of carbonyl (C=O) groups excluding carboxylic acids is 1. The van der Waals surface area contributed by atoms with Crippen molar-refractivity contribution in [2.45, 2.75) is 44.6 Å². The van der Waals surface area contributed by atoms with E-state index in [4.69, 9.17) is 14.0 Å². The number of halogens is 2. The van der Waals surface area contributed by atoms with Gasteiger partial charge in [-0.1, -0.05) is 5.16 Å². The lowest BCUT2D eigenvalue weighted by atomic mass is 10.1. The second-order valence-corrected chi connectivity index (χ2v) is 8.32. The molecule has 2 aliphatic carbocycles. The first kappa shape index (κ1) is 19.9. The number of rotatable bonds is 8. The van der Waals surface area contributed by atoms with Crippen LogP contribution in [0.25, 0.3) is 0 Å². The average molecular weight is 436 g/mol. The monoisotopic (exact) mass is 436 g/mol. The summed E-state index contributed by atoms with van der Waals surface area (Å²) in [6, 6.07) is -0.425. The molecule has 1 saturated heterocycles. The fourth-order valence-corrected chi connectivity index (χ4v) is 3.37. The van der Waals surface area contributed by atoms with Crippen molar-refractivity contribution >= 4 is 11.9 Å². The molecule has 3 fully saturated rings. The lowest BCUT2D eigenvalue weighted by molar-refractivity contribution is -0.0270. The Hall–Kier alpha value is -3.05. The molecule has 31 heavy (non-hydrogen) atoms. The van der Waals surface area contributed by atoms with Crippen LogP contribution in [0.5, 0.6) is 11.8 Å². The van der Waals surface area contributed by atoms with Crippen molar-refractivity contribution in [3.05, 3.63) is 17.9 Å². The maximum atomic E-state index is 13.3. The van der Waals surface area contributed by atoms with Crippen molar-refractivity contribution in [1.29, 1.82) is 0 Å². The molecule has 10 nitrogen and oxygen atoms in total. The van der Waals surface area contributed by atoms with Crippen LogP contribution in [0.15, 0.2) is 10.7 Å². The van der Waals surface area contributed by atoms with Crippen LogP contribution in [0.1, 0.15) is 43.4 Å². The van der Waals surface area contributed by atoms with Crippen LogP contribution in [0, 0.1) is 18.8 Å². The minimum absolute atomic E-state index is 0.0836. The normalized spacial score (nSPS) is 20.7. The number of carbonyl (C=O) groups is 1. The molecule has 0 unspecified atom stereocenters. The molecule has 3 aliphatic rings. The zero-order valence-corrected chi connectivity index (χ0v) is 16.9. The number of aryl methyl sites for hydroxylation is 1. The largest absolute Gasteiger partial charge is 0.475 e. The quantitative estimate of drug-likeness (QED) is 0.667. The number of anilines is 1. The summed E-state index contributed by atoms with van der Waals surface area (Å²) in [5.74, 6) is -1.09. The minimum Gasteiger partial charge on any atom is -0.475 e. The first-order chi connectivity index (χ1) is 14.9. The standard InChI is InChI=1S/C19H22F2N6O4/c1-10-23-15(26-31-10)14(12-4-5-12)25-18(28)30-13-6-22-16(27-8-19(20,21)9-27)17(24-13)29-7-11-2-3-11/h6,11-12,14H,2-5,7-9H2,1H3,(H,25,28)/t14-/m1/s1. The molecule has 0 spiro atoms. The van der Waals surface area contributed by atoms with Gasteiger partial charge in [-0.25, -0.2) is 18.6 Å². The summed E-state index contributed by atoms with van der Waals surface area (Å²) in [5, 5.41) is 6.63. The molecule has 2 aromatic rings. The molecule has 2 aromatic heterocycles. The third-order valence-electron chi connectivity index (χ3n) is 5.38. The molecule has 0 radical (unpaired) electrons. The molecule has 12 heteroatoms. The zero-order valence-electron chi connectivity index (χ0n) is 16.9. The van der Waals surface area contributed by atoms with E-state index in [-0.39, 0.29) is 23.5 Å². The first-order valence-electron chi connectivity index (χ1n) is 10.3. The molecule has 1 N–H and O–H groups in total. The van der Waals surface area contributed by atoms with Crippen molar-refractivity contribution in [1.82, 2.24) is 25.4 Å². The van der Waals surface area contributed by atoms with Gasteiger partial charge >= 0.3 is 6.09 Å². The number of hydrogen-bond acceptors (Lipinski definition) is 9. The van der Waals surface area contributed by atoms with Crippen LogP contribution in [0.2, 0.25) is 0 Å². The van der Waals surface area contributed by atoms with Crippen molar-refractivity contribution < 1.29 is 27.6 Å². The molecule has 0 aromatic carbocycles. The highest BCUT2D eigenvalue weighted by Crippen LogP contribution is 2.40. The Balaban J connectivity index is 1.27. The van der Waals surface area contributed by atoms with Gasteiger partial charge in [0.2, 0.25) is 11.8 Å². The van der Waals surface area contributed by atoms with E-state index in [0.29, 0.717) is 24.2 Å². The maximum absolute atomic E-state index is 13.3. The molecule has 1 atom stereocenters. The Kier molecular flexibility index (Phi) is 4.86. The van der Waals surface area contributed by atoms with Crippen LogP contribution < -0.4 is 19.7 Å². The third-order valence-corrected chi connectivity index (χ3v) is 5.38. The van der Waals surface area contributed by atoms with Gasteiger partial charge in [0.05, 0.1) is 31.9 Å². The summed E-state index contributed by atoms with van der Waals surface area (Å²) in [7, 11) is 0. The van der Waals surface area contributed by atoms with Crippen molar-refractivity contribution in [3.8, 4) is 11.8 Å². The predicted molar refractivity (Wildman–Crippen MR) is 101 cm³/mol. The van der Waals surface area contributed by atoms with E-state index in [2.05, 4.69) is 25.4 Å². The lowest BCUT2D eigenvalue weighted by Gasteiger charge is -2.39. The van der Waals surface area contributed by atoms with Crippen LogP contribution in [0.4, 0.5) is 19.4 Å². The summed E-state index contributed by atoms with van der Waals surface area (Å²) in [6.07, 6.45) is 4.46. The molecule has 166 valence electrons. The minimum atomic E-state index is -2.75. The van der Waals surface area contributed by atoms with E-state index < -0.39 is 31.1 Å². The maximum Gasteiger partial charge on any atom is 0.414 e. The molecular weight excluding hydrogens is 414 g/mol. The second kappa shape index (κ2) is 7.57. The van der Waals surface area contributed by atoms with Gasteiger partial charge in [0.15, 0.2) is 11.6 Å². The van der Waals surface area contributed by atoms with Crippen molar-refractivity contribution in [3.63, 3.8) is 0 Å². The number of amides is 1. The topological polar surface area (TPSA) is 116 Å². The van der Waals surface area contributed by atoms with Gasteiger partial charge in [-0.2, -0.15) is 9.97 Å². The Bertz CT molecular complexity index is 970. The van der Waals surface area contributed by atoms with Crippen LogP contribution in [-0.4, -0.2) is 51.8 Å². The number of aromatic nitrogens is 4. The van der Waals surface area contributed by atoms with Gasteiger partial charge in [0.25, 0.3) is 11.8 Å². The van der Waals surface area contributed by atoms with Crippen LogP contribution in [0.3, 0.4) is 0 Å². The molecular formula is C19H22F2N6O4. The zero-order chi connectivity index (χ0) is 21.6. The third kappa shape index (κ3) is 4.67. The van der Waals surface area contributed by atoms with Gasteiger partial charge in [0, 0.05) is 6.92 Å². The summed E-state index contributed by atoms with van der Waals surface area (Å²) < 4.78 is 42.6. The highest BCUT2D eigenvalue weighted by atomic mass is 19.3. The fourth-order valence-electron chi connectivity index (χ4n) is 3.37. The van der Waals surface area contributed by atoms with Crippen LogP contribution in [-0.2, 0) is 0 Å². The van der Waals surface area contributed by atoms with Gasteiger partial charge < -0.3 is 24.2 Å². The average Bonchev–Trinajstić information content (AvgIpc) is 3.62. The van der Waals surface area contributed by atoms with Crippen molar-refractivity contribution in [2.24, 2.45) is 11.8 Å². The Morgan fingerprint density at radius 2 is 2.10 bits per heavy atom. The Morgan fingerprint density at radius 1 is 1.32 bits per heavy atom. The molecule has 0 bridgehead atoms. The van der Waals surface area contributed by atoms with E-state index >= 15 is 0 Å². The number of nitrogens with one attached hydrogen (secondary N) is 1. The van der Waals surface area contributed by atoms with E-state index in [1.807, 2.05) is 0 Å². The fraction of sp³-hybridized carbons (Fsp3) is 0.632. The van der Waals surface area contributed by atoms with Gasteiger partial charge in [0.1, 0.15) is 0 Å². The lowest BCUT2D eigenvalue weighted by Crippen LogP contribution is -2.56. The van der Waals surface area contributed by atoms with E-state index in [1.54, 1.807) is 6.92 Å². The number of ether oxygens (including phenoxy) is 2. The molecule has 1 amide bonds. The number of nitrogens with zero attached hydrogens (tertiary/aromatic N) is 5. The molecule has 3 heterocycles. The number of alkyl halides is 2. The van der Waals surface area contributed by atoms with E-state index in [9.17, 15) is 13.6 Å². The second-order valence-electron chi connectivity index (χ2n) is 8.32. The first-order valence-corrected chi connectivity index (χ1v) is 10.3. The highest BCUT2D eigenvalue weighted by molar-refractivity contribution is 5.70. The van der Waals surface area contributed by atoms with Gasteiger partial charge in [-0.05, 0) is 37.5 Å². The summed E-state index contributed by atoms with van der Waals surface area (Å²) in [5.41, 5.74) is 0. The SMILES string of the molecule is Cc1nc([C@H](NC(=O)Oc2cnc(N3CC(F)(F)C3)c(OCC3CC3)n2)C2CC2)no1. The number of hydrogen-bond donors (Lipinski definition) is 1. The predicted octanol–water partition coefficient (Wildman–Crippen LogP) is 2.65. The smallest absolute Gasteiger partial charge is 0.414 e. The van der Waals surface area contributed by atoms with E-state index in [0.717, 1.165) is 25.7 Å². The Labute approximate surface area is 176 Å². The van der Waals surface area contributed by atoms with E-state index in [1.165, 1.54) is 11.1 Å². The molecule has 1 aliphatic heterocycles. The molecule has 5 rings (SSSR count).